The second-order valence-corrected chi connectivity index (χ2v) is 14.6. The summed E-state index contributed by atoms with van der Waals surface area (Å²) in [5, 5.41) is 17.3. The Labute approximate surface area is 222 Å². The van der Waals surface area contributed by atoms with E-state index in [0.717, 1.165) is 56.9 Å². The number of rotatable bonds is 5. The molecule has 2 aromatic heterocycles. The number of amides is 2. The first-order valence-corrected chi connectivity index (χ1v) is 14.7. The van der Waals surface area contributed by atoms with E-state index in [2.05, 4.69) is 20.2 Å². The fourth-order valence-electron chi connectivity index (χ4n) is 7.20. The molecule has 0 atom stereocenters. The molecule has 3 aliphatic carbocycles. The molecule has 5 fully saturated rings. The van der Waals surface area contributed by atoms with Crippen LogP contribution in [0.2, 0.25) is 0 Å². The van der Waals surface area contributed by atoms with E-state index < -0.39 is 25.8 Å². The zero-order valence-corrected chi connectivity index (χ0v) is 21.9. The van der Waals surface area contributed by atoms with E-state index >= 15 is 0 Å². The van der Waals surface area contributed by atoms with Crippen molar-refractivity contribution in [3.8, 4) is 0 Å². The molecule has 2 N–H and O–H groups in total. The Hall–Kier alpha value is -2.74. The number of carbonyl (C=O) groups excluding carboxylic acids is 1. The number of carbonyl (C=O) groups is 1. The molecule has 3 saturated carbocycles. The molecule has 2 amide bonds. The monoisotopic (exact) mass is 566 g/mol. The van der Waals surface area contributed by atoms with Crippen molar-refractivity contribution in [3.63, 3.8) is 0 Å². The maximum absolute atomic E-state index is 13.0. The second kappa shape index (κ2) is 7.93. The van der Waals surface area contributed by atoms with Crippen LogP contribution in [-0.2, 0) is 21.9 Å². The van der Waals surface area contributed by atoms with Crippen molar-refractivity contribution < 1.29 is 31.5 Å². The number of urea groups is 1. The minimum Gasteiger partial charge on any atom is -0.382 e. The third-order valence-electron chi connectivity index (χ3n) is 9.39. The van der Waals surface area contributed by atoms with Crippen LogP contribution >= 0.6 is 0 Å². The molecule has 39 heavy (non-hydrogen) atoms. The lowest BCUT2D eigenvalue weighted by molar-refractivity contribution is -0.100. The summed E-state index contributed by atoms with van der Waals surface area (Å²) in [4.78, 5) is 24.1. The molecule has 7 rings (SSSR count). The molecule has 2 aromatic rings. The number of halogens is 3. The quantitative estimate of drug-likeness (QED) is 0.569. The average molecular weight is 567 g/mol. The minimum absolute atomic E-state index is 0.0587. The van der Waals surface area contributed by atoms with E-state index in [1.165, 1.54) is 6.20 Å². The molecule has 5 aliphatic rings. The van der Waals surface area contributed by atoms with Gasteiger partial charge in [-0.2, -0.15) is 18.3 Å². The topological polar surface area (TPSA) is 132 Å². The highest BCUT2D eigenvalue weighted by molar-refractivity contribution is 7.92. The van der Waals surface area contributed by atoms with E-state index in [0.29, 0.717) is 43.7 Å². The number of hydrogen-bond acceptors (Lipinski definition) is 7. The van der Waals surface area contributed by atoms with E-state index in [1.807, 2.05) is 9.80 Å². The third-order valence-corrected chi connectivity index (χ3v) is 10.8. The molecule has 0 aromatic carbocycles. The van der Waals surface area contributed by atoms with E-state index in [9.17, 15) is 31.5 Å². The maximum Gasteiger partial charge on any atom is 0.501 e. The van der Waals surface area contributed by atoms with Gasteiger partial charge in [0.15, 0.2) is 5.82 Å². The number of nitrogens with zero attached hydrogens (tertiary/aromatic N) is 5. The molecule has 2 spiro atoms. The zero-order valence-electron chi connectivity index (χ0n) is 21.1. The third kappa shape index (κ3) is 4.04. The van der Waals surface area contributed by atoms with E-state index in [4.69, 9.17) is 0 Å². The lowest BCUT2D eigenvalue weighted by Gasteiger charge is -2.63. The highest BCUT2D eigenvalue weighted by Gasteiger charge is 2.59. The lowest BCUT2D eigenvalue weighted by Crippen LogP contribution is -2.70. The van der Waals surface area contributed by atoms with Gasteiger partial charge in [0.2, 0.25) is 0 Å². The summed E-state index contributed by atoms with van der Waals surface area (Å²) >= 11 is 0. The van der Waals surface area contributed by atoms with Crippen molar-refractivity contribution >= 4 is 15.9 Å². The predicted octanol–water partition coefficient (Wildman–Crippen LogP) is 2.73. The molecule has 2 aliphatic heterocycles. The molecule has 0 radical (unpaired) electrons. The summed E-state index contributed by atoms with van der Waals surface area (Å²) in [6.07, 6.45) is 7.64. The molecule has 2 saturated heterocycles. The van der Waals surface area contributed by atoms with E-state index in [-0.39, 0.29) is 28.7 Å². The Morgan fingerprint density at radius 3 is 2.26 bits per heavy atom. The van der Waals surface area contributed by atoms with Crippen LogP contribution in [0.5, 0.6) is 0 Å². The van der Waals surface area contributed by atoms with Gasteiger partial charge in [-0.1, -0.05) is 0 Å². The molecule has 210 valence electrons. The van der Waals surface area contributed by atoms with Crippen molar-refractivity contribution in [2.24, 2.45) is 16.7 Å². The summed E-state index contributed by atoms with van der Waals surface area (Å²) in [7, 11) is -5.42. The Morgan fingerprint density at radius 2 is 1.67 bits per heavy atom. The summed E-state index contributed by atoms with van der Waals surface area (Å²) in [6, 6.07) is 1.13. The van der Waals surface area contributed by atoms with Gasteiger partial charge in [-0.3, -0.25) is 10.1 Å². The summed E-state index contributed by atoms with van der Waals surface area (Å²) in [5.41, 5.74) is -5.51. The first-order chi connectivity index (χ1) is 18.3. The molecule has 0 unspecified atom stereocenters. The van der Waals surface area contributed by atoms with Crippen molar-refractivity contribution in [2.75, 3.05) is 26.2 Å². The highest BCUT2D eigenvalue weighted by Crippen LogP contribution is 2.57. The fraction of sp³-hybridized carbons (Fsp3) is 0.680. The summed E-state index contributed by atoms with van der Waals surface area (Å²) < 4.78 is 61.9. The highest BCUT2D eigenvalue weighted by atomic mass is 32.2. The van der Waals surface area contributed by atoms with Gasteiger partial charge < -0.3 is 14.9 Å². The van der Waals surface area contributed by atoms with Gasteiger partial charge >= 0.3 is 11.5 Å². The number of hydrogen-bond donors (Lipinski definition) is 2. The van der Waals surface area contributed by atoms with Gasteiger partial charge in [0, 0.05) is 55.3 Å². The second-order valence-electron chi connectivity index (χ2n) is 12.6. The van der Waals surface area contributed by atoms with Crippen LogP contribution in [0.25, 0.3) is 0 Å². The van der Waals surface area contributed by atoms with Crippen LogP contribution in [0, 0.1) is 16.7 Å². The van der Waals surface area contributed by atoms with Crippen molar-refractivity contribution in [2.45, 2.75) is 66.9 Å². The molecule has 0 bridgehead atoms. The van der Waals surface area contributed by atoms with Gasteiger partial charge in [0.1, 0.15) is 11.4 Å². The predicted molar refractivity (Wildman–Crippen MR) is 129 cm³/mol. The van der Waals surface area contributed by atoms with Crippen molar-refractivity contribution in [1.29, 1.82) is 0 Å². The van der Waals surface area contributed by atoms with Crippen LogP contribution in [0.1, 0.15) is 61.7 Å². The number of sulfone groups is 1. The number of pyridine rings is 1. The molecule has 14 heteroatoms. The normalized spacial score (nSPS) is 25.1. The fourth-order valence-corrected chi connectivity index (χ4v) is 7.97. The molecule has 10 nitrogen and oxygen atoms in total. The van der Waals surface area contributed by atoms with Gasteiger partial charge in [-0.15, -0.1) is 0 Å². The standard InChI is InChI=1S/C25H29F3N6O4S/c26-25(27,28)39(37,38)18-4-15(9-29-10-18)3-16-5-22(6-16)11-33(12-22)21(35)34-13-23(14-34)7-17(8-23)19-30-20(32-31-19)24(36)1-2-24/h4,9-10,16-17,36H,1-3,5-8,11-14H2,(H,30,31,32). The Kier molecular flexibility index (Phi) is 5.13. The Balaban J connectivity index is 0.858. The Morgan fingerprint density at radius 1 is 1.05 bits per heavy atom. The minimum atomic E-state index is -5.42. The molecular weight excluding hydrogens is 537 g/mol. The first-order valence-electron chi connectivity index (χ1n) is 13.2. The van der Waals surface area contributed by atoms with Crippen molar-refractivity contribution in [1.82, 2.24) is 30.0 Å². The SMILES string of the molecule is O=C(N1CC2(CC(Cc3cncc(S(=O)(=O)C(F)(F)F)c3)C2)C1)N1CC2(CC(c3nc(C4(O)CC4)n[nH]3)C2)C1. The van der Waals surface area contributed by atoms with Gasteiger partial charge in [-0.05, 0) is 62.5 Å². The van der Waals surface area contributed by atoms with Gasteiger partial charge in [-0.25, -0.2) is 18.2 Å². The number of nitrogens with one attached hydrogen (secondary N) is 1. The average Bonchev–Trinajstić information content (AvgIpc) is 3.32. The van der Waals surface area contributed by atoms with Crippen LogP contribution in [0.3, 0.4) is 0 Å². The van der Waals surface area contributed by atoms with Crippen LogP contribution in [0.15, 0.2) is 23.4 Å². The van der Waals surface area contributed by atoms with Crippen LogP contribution in [-0.4, -0.2) is 81.2 Å². The largest absolute Gasteiger partial charge is 0.501 e. The number of H-pyrrole nitrogens is 1. The number of aromatic nitrogens is 4. The number of likely N-dealkylation sites (tertiary alicyclic amines) is 2. The van der Waals surface area contributed by atoms with Gasteiger partial charge in [0.05, 0.1) is 4.90 Å². The van der Waals surface area contributed by atoms with Crippen LogP contribution < -0.4 is 0 Å². The number of aliphatic hydroxyl groups is 1. The Bertz CT molecular complexity index is 1430. The molecular formula is C25H29F3N6O4S. The van der Waals surface area contributed by atoms with Crippen molar-refractivity contribution in [3.05, 3.63) is 35.7 Å². The lowest BCUT2D eigenvalue weighted by atomic mass is 9.56. The number of aromatic amines is 1. The smallest absolute Gasteiger partial charge is 0.382 e. The van der Waals surface area contributed by atoms with Crippen LogP contribution in [0.4, 0.5) is 18.0 Å². The zero-order chi connectivity index (χ0) is 27.4. The summed E-state index contributed by atoms with van der Waals surface area (Å²) in [5.74, 6) is 1.83. The molecule has 4 heterocycles. The maximum atomic E-state index is 13.0. The van der Waals surface area contributed by atoms with E-state index in [1.54, 1.807) is 0 Å². The number of alkyl halides is 3. The van der Waals surface area contributed by atoms with Gasteiger partial charge in [0.25, 0.3) is 9.84 Å². The summed E-state index contributed by atoms with van der Waals surface area (Å²) in [6.45, 7) is 2.84. The first kappa shape index (κ1) is 25.2.